The van der Waals surface area contributed by atoms with Crippen molar-refractivity contribution in [3.05, 3.63) is 28.3 Å². The SMILES string of the molecule is O=C(CSc1nc2ccc([N+](=O)[O-])cc2[nH]1)NCCC12CC3CC(CC(C3)C1)C2. The van der Waals surface area contributed by atoms with E-state index < -0.39 is 4.92 Å². The van der Waals surface area contributed by atoms with Crippen LogP contribution in [0.2, 0.25) is 0 Å². The number of hydrogen-bond acceptors (Lipinski definition) is 5. The molecule has 1 heterocycles. The molecule has 7 nitrogen and oxygen atoms in total. The highest BCUT2D eigenvalue weighted by atomic mass is 32.2. The van der Waals surface area contributed by atoms with E-state index in [0.29, 0.717) is 27.4 Å². The fourth-order valence-electron chi connectivity index (χ4n) is 6.40. The number of carbonyl (C=O) groups excluding carboxylic acids is 1. The third kappa shape index (κ3) is 3.86. The van der Waals surface area contributed by atoms with Gasteiger partial charge < -0.3 is 10.3 Å². The number of H-pyrrole nitrogens is 1. The molecule has 6 rings (SSSR count). The molecule has 1 aromatic carbocycles. The number of nitrogens with zero attached hydrogens (tertiary/aromatic N) is 2. The van der Waals surface area contributed by atoms with Crippen LogP contribution < -0.4 is 5.32 Å². The summed E-state index contributed by atoms with van der Waals surface area (Å²) in [5.74, 6) is 3.14. The van der Waals surface area contributed by atoms with Crippen molar-refractivity contribution in [2.75, 3.05) is 12.3 Å². The van der Waals surface area contributed by atoms with E-state index in [1.54, 1.807) is 6.07 Å². The zero-order chi connectivity index (χ0) is 20.0. The van der Waals surface area contributed by atoms with Gasteiger partial charge in [0.1, 0.15) is 0 Å². The number of fused-ring (bicyclic) bond motifs is 1. The van der Waals surface area contributed by atoms with E-state index in [1.165, 1.54) is 62.4 Å². The lowest BCUT2D eigenvalue weighted by molar-refractivity contribution is -0.384. The lowest BCUT2D eigenvalue weighted by Crippen LogP contribution is -2.47. The van der Waals surface area contributed by atoms with Crippen molar-refractivity contribution < 1.29 is 9.72 Å². The molecule has 4 bridgehead atoms. The first-order valence-electron chi connectivity index (χ1n) is 10.5. The largest absolute Gasteiger partial charge is 0.355 e. The summed E-state index contributed by atoms with van der Waals surface area (Å²) in [6.45, 7) is 0.762. The number of non-ortho nitro benzene ring substituents is 1. The van der Waals surface area contributed by atoms with E-state index in [0.717, 1.165) is 30.7 Å². The van der Waals surface area contributed by atoms with Crippen LogP contribution in [0.25, 0.3) is 11.0 Å². The molecule has 154 valence electrons. The van der Waals surface area contributed by atoms with Gasteiger partial charge in [0.25, 0.3) is 5.69 Å². The molecule has 29 heavy (non-hydrogen) atoms. The van der Waals surface area contributed by atoms with Gasteiger partial charge in [-0.3, -0.25) is 14.9 Å². The van der Waals surface area contributed by atoms with Gasteiger partial charge >= 0.3 is 0 Å². The van der Waals surface area contributed by atoms with Gasteiger partial charge in [0, 0.05) is 18.7 Å². The zero-order valence-corrected chi connectivity index (χ0v) is 17.2. The summed E-state index contributed by atoms with van der Waals surface area (Å²) >= 11 is 1.33. The van der Waals surface area contributed by atoms with E-state index in [-0.39, 0.29) is 11.6 Å². The smallest absolute Gasteiger partial charge is 0.271 e. The first kappa shape index (κ1) is 18.9. The van der Waals surface area contributed by atoms with Gasteiger partial charge in [-0.15, -0.1) is 0 Å². The molecular weight excluding hydrogens is 388 g/mol. The lowest BCUT2D eigenvalue weighted by atomic mass is 9.49. The maximum absolute atomic E-state index is 12.3. The van der Waals surface area contributed by atoms with E-state index in [2.05, 4.69) is 15.3 Å². The highest BCUT2D eigenvalue weighted by Gasteiger charge is 2.50. The molecule has 0 aliphatic heterocycles. The Morgan fingerprint density at radius 3 is 2.59 bits per heavy atom. The van der Waals surface area contributed by atoms with Gasteiger partial charge in [0.15, 0.2) is 5.16 Å². The number of carbonyl (C=O) groups is 1. The Morgan fingerprint density at radius 1 is 1.24 bits per heavy atom. The first-order chi connectivity index (χ1) is 14.0. The van der Waals surface area contributed by atoms with Crippen LogP contribution in [0.4, 0.5) is 5.69 Å². The maximum atomic E-state index is 12.3. The third-order valence-corrected chi connectivity index (χ3v) is 8.01. The fraction of sp³-hybridized carbons (Fsp3) is 0.619. The third-order valence-electron chi connectivity index (χ3n) is 7.14. The molecular formula is C21H26N4O3S. The predicted molar refractivity (Wildman–Crippen MR) is 112 cm³/mol. The molecule has 0 unspecified atom stereocenters. The summed E-state index contributed by atoms with van der Waals surface area (Å²) in [6, 6.07) is 4.53. The highest BCUT2D eigenvalue weighted by Crippen LogP contribution is 2.61. The minimum atomic E-state index is -0.426. The Bertz CT molecular complexity index is 921. The summed E-state index contributed by atoms with van der Waals surface area (Å²) in [5, 5.41) is 14.6. The minimum absolute atomic E-state index is 0.0196. The van der Waals surface area contributed by atoms with Crippen LogP contribution in [0.3, 0.4) is 0 Å². The second-order valence-electron chi connectivity index (χ2n) is 9.31. The van der Waals surface area contributed by atoms with Gasteiger partial charge in [0.05, 0.1) is 21.7 Å². The molecule has 4 aliphatic rings. The average Bonchev–Trinajstić information content (AvgIpc) is 3.07. The molecule has 0 radical (unpaired) electrons. The van der Waals surface area contributed by atoms with Crippen molar-refractivity contribution >= 4 is 34.4 Å². The average molecular weight is 415 g/mol. The van der Waals surface area contributed by atoms with Crippen LogP contribution in [-0.2, 0) is 4.79 Å². The standard InChI is InChI=1S/C21H26N4O3S/c26-19(12-29-20-23-17-2-1-16(25(27)28)8-18(17)24-20)22-4-3-21-9-13-5-14(10-21)7-15(6-13)11-21/h1-2,8,13-15H,3-7,9-12H2,(H,22,26)(H,23,24). The number of nitro benzene ring substituents is 1. The van der Waals surface area contributed by atoms with Crippen LogP contribution in [0, 0.1) is 33.3 Å². The zero-order valence-electron chi connectivity index (χ0n) is 16.4. The van der Waals surface area contributed by atoms with Crippen LogP contribution in [0.1, 0.15) is 44.9 Å². The van der Waals surface area contributed by atoms with Gasteiger partial charge in [-0.05, 0) is 74.2 Å². The number of aromatic nitrogens is 2. The van der Waals surface area contributed by atoms with Gasteiger partial charge in [-0.1, -0.05) is 11.8 Å². The molecule has 4 aliphatic carbocycles. The second-order valence-corrected chi connectivity index (χ2v) is 10.3. The van der Waals surface area contributed by atoms with Crippen LogP contribution >= 0.6 is 11.8 Å². The first-order valence-corrected chi connectivity index (χ1v) is 11.5. The molecule has 4 fully saturated rings. The van der Waals surface area contributed by atoms with E-state index >= 15 is 0 Å². The highest BCUT2D eigenvalue weighted by molar-refractivity contribution is 7.99. The second kappa shape index (κ2) is 7.31. The number of aromatic amines is 1. The van der Waals surface area contributed by atoms with Crippen LogP contribution in [-0.4, -0.2) is 33.1 Å². The van der Waals surface area contributed by atoms with Gasteiger partial charge in [0.2, 0.25) is 5.91 Å². The molecule has 0 atom stereocenters. The normalized spacial score (nSPS) is 30.0. The Kier molecular flexibility index (Phi) is 4.76. The molecule has 0 saturated heterocycles. The summed E-state index contributed by atoms with van der Waals surface area (Å²) in [4.78, 5) is 30.2. The molecule has 4 saturated carbocycles. The van der Waals surface area contributed by atoms with Crippen molar-refractivity contribution in [1.29, 1.82) is 0 Å². The fourth-order valence-corrected chi connectivity index (χ4v) is 7.12. The van der Waals surface area contributed by atoms with Crippen molar-refractivity contribution in [3.63, 3.8) is 0 Å². The van der Waals surface area contributed by atoms with Gasteiger partial charge in [-0.25, -0.2) is 4.98 Å². The van der Waals surface area contributed by atoms with E-state index in [4.69, 9.17) is 0 Å². The Hall–Kier alpha value is -2.09. The number of imidazole rings is 1. The Balaban J connectivity index is 1.11. The predicted octanol–water partition coefficient (Wildman–Crippen LogP) is 4.29. The quantitative estimate of drug-likeness (QED) is 0.400. The molecule has 2 aromatic rings. The van der Waals surface area contributed by atoms with Crippen molar-refractivity contribution in [3.8, 4) is 0 Å². The number of nitro groups is 1. The lowest BCUT2D eigenvalue weighted by Gasteiger charge is -2.57. The topological polar surface area (TPSA) is 101 Å². The molecule has 2 N–H and O–H groups in total. The van der Waals surface area contributed by atoms with Crippen LogP contribution in [0.5, 0.6) is 0 Å². The summed E-state index contributed by atoms with van der Waals surface area (Å²) in [7, 11) is 0. The monoisotopic (exact) mass is 414 g/mol. The molecule has 8 heteroatoms. The summed E-state index contributed by atoms with van der Waals surface area (Å²) < 4.78 is 0. The minimum Gasteiger partial charge on any atom is -0.355 e. The molecule has 0 spiro atoms. The number of hydrogen-bond donors (Lipinski definition) is 2. The summed E-state index contributed by atoms with van der Waals surface area (Å²) in [5.41, 5.74) is 1.80. The number of thioether (sulfide) groups is 1. The molecule has 1 aromatic heterocycles. The van der Waals surface area contributed by atoms with E-state index in [1.807, 2.05) is 0 Å². The number of benzene rings is 1. The number of rotatable bonds is 7. The van der Waals surface area contributed by atoms with Crippen molar-refractivity contribution in [2.24, 2.45) is 23.2 Å². The van der Waals surface area contributed by atoms with Crippen LogP contribution in [0.15, 0.2) is 23.4 Å². The summed E-state index contributed by atoms with van der Waals surface area (Å²) in [6.07, 6.45) is 9.56. The Labute approximate surface area is 173 Å². The molecule has 1 amide bonds. The van der Waals surface area contributed by atoms with Gasteiger partial charge in [-0.2, -0.15) is 0 Å². The van der Waals surface area contributed by atoms with Crippen molar-refractivity contribution in [2.45, 2.75) is 50.1 Å². The Morgan fingerprint density at radius 2 is 1.93 bits per heavy atom. The van der Waals surface area contributed by atoms with E-state index in [9.17, 15) is 14.9 Å². The maximum Gasteiger partial charge on any atom is 0.271 e. The van der Waals surface area contributed by atoms with Crippen molar-refractivity contribution in [1.82, 2.24) is 15.3 Å². The number of nitrogens with one attached hydrogen (secondary N) is 2. The number of amides is 1.